The highest BCUT2D eigenvalue weighted by Crippen LogP contribution is 2.13. The molecule has 4 heteroatoms. The lowest BCUT2D eigenvalue weighted by atomic mass is 10.2. The molecule has 0 bridgehead atoms. The molecule has 1 atom stereocenters. The molecule has 1 fully saturated rings. The summed E-state index contributed by atoms with van der Waals surface area (Å²) < 4.78 is 0. The summed E-state index contributed by atoms with van der Waals surface area (Å²) in [4.78, 5) is 13.6. The Morgan fingerprint density at radius 2 is 2.38 bits per heavy atom. The second-order valence-corrected chi connectivity index (χ2v) is 4.29. The van der Waals surface area contributed by atoms with Gasteiger partial charge in [-0.25, -0.2) is 4.79 Å². The molecule has 1 aliphatic heterocycles. The molecule has 2 amide bonds. The Morgan fingerprint density at radius 1 is 1.56 bits per heavy atom. The molecule has 0 aromatic heterocycles. The van der Waals surface area contributed by atoms with Crippen LogP contribution in [0.2, 0.25) is 0 Å². The molecule has 1 saturated heterocycles. The van der Waals surface area contributed by atoms with Crippen LogP contribution >= 0.6 is 0 Å². The van der Waals surface area contributed by atoms with Gasteiger partial charge < -0.3 is 16.0 Å². The maximum atomic E-state index is 11.8. The van der Waals surface area contributed by atoms with Crippen molar-refractivity contribution in [1.82, 2.24) is 4.90 Å². The monoisotopic (exact) mass is 219 g/mol. The third kappa shape index (κ3) is 2.52. The third-order valence-corrected chi connectivity index (χ3v) is 2.78. The molecule has 2 rings (SSSR count). The molecule has 0 unspecified atom stereocenters. The smallest absolute Gasteiger partial charge is 0.321 e. The van der Waals surface area contributed by atoms with Crippen molar-refractivity contribution in [3.8, 4) is 0 Å². The maximum absolute atomic E-state index is 11.8. The Labute approximate surface area is 95.4 Å². The lowest BCUT2D eigenvalue weighted by molar-refractivity contribution is 0.222. The van der Waals surface area contributed by atoms with Crippen LogP contribution in [0.25, 0.3) is 0 Å². The number of nitrogens with two attached hydrogens (primary N) is 1. The molecule has 0 spiro atoms. The fraction of sp³-hybridized carbons (Fsp3) is 0.417. The molecular weight excluding hydrogens is 202 g/mol. The minimum Gasteiger partial charge on any atom is -0.326 e. The molecule has 0 aliphatic carbocycles. The third-order valence-electron chi connectivity index (χ3n) is 2.78. The zero-order chi connectivity index (χ0) is 11.5. The number of benzene rings is 1. The van der Waals surface area contributed by atoms with E-state index < -0.39 is 0 Å². The van der Waals surface area contributed by atoms with Crippen molar-refractivity contribution in [1.29, 1.82) is 0 Å². The van der Waals surface area contributed by atoms with Gasteiger partial charge in [-0.1, -0.05) is 12.1 Å². The van der Waals surface area contributed by atoms with Crippen LogP contribution in [0.3, 0.4) is 0 Å². The second kappa shape index (κ2) is 4.53. The van der Waals surface area contributed by atoms with Crippen LogP contribution < -0.4 is 11.1 Å². The Hall–Kier alpha value is -1.55. The first-order valence-electron chi connectivity index (χ1n) is 5.53. The van der Waals surface area contributed by atoms with E-state index in [1.54, 1.807) is 4.90 Å². The van der Waals surface area contributed by atoms with Crippen LogP contribution in [0, 0.1) is 6.92 Å². The summed E-state index contributed by atoms with van der Waals surface area (Å²) in [6.07, 6.45) is 0.890. The largest absolute Gasteiger partial charge is 0.326 e. The quantitative estimate of drug-likeness (QED) is 0.753. The Morgan fingerprint density at radius 3 is 3.00 bits per heavy atom. The highest BCUT2D eigenvalue weighted by Gasteiger charge is 2.23. The summed E-state index contributed by atoms with van der Waals surface area (Å²) in [7, 11) is 0. The molecule has 1 aromatic rings. The predicted octanol–water partition coefficient (Wildman–Crippen LogP) is 1.56. The van der Waals surface area contributed by atoms with Gasteiger partial charge in [-0.2, -0.15) is 0 Å². The number of nitrogens with one attached hydrogen (secondary N) is 1. The number of hydrogen-bond donors (Lipinski definition) is 2. The number of urea groups is 1. The van der Waals surface area contributed by atoms with Gasteiger partial charge in [-0.05, 0) is 31.0 Å². The van der Waals surface area contributed by atoms with Crippen LogP contribution in [0.1, 0.15) is 12.0 Å². The number of hydrogen-bond acceptors (Lipinski definition) is 2. The minimum absolute atomic E-state index is 0.0569. The van der Waals surface area contributed by atoms with E-state index in [2.05, 4.69) is 5.32 Å². The fourth-order valence-corrected chi connectivity index (χ4v) is 1.90. The molecule has 1 heterocycles. The number of anilines is 1. The van der Waals surface area contributed by atoms with Gasteiger partial charge in [0, 0.05) is 24.8 Å². The SMILES string of the molecule is Cc1cccc(NC(=O)N2CC[C@H](N)C2)c1. The summed E-state index contributed by atoms with van der Waals surface area (Å²) in [5.41, 5.74) is 7.73. The van der Waals surface area contributed by atoms with E-state index in [4.69, 9.17) is 5.73 Å². The zero-order valence-corrected chi connectivity index (χ0v) is 9.44. The molecular formula is C12H17N3O. The van der Waals surface area contributed by atoms with Gasteiger partial charge in [0.05, 0.1) is 0 Å². The number of carbonyl (C=O) groups is 1. The van der Waals surface area contributed by atoms with Crippen molar-refractivity contribution in [2.24, 2.45) is 5.73 Å². The van der Waals surface area contributed by atoms with E-state index in [1.807, 2.05) is 31.2 Å². The van der Waals surface area contributed by atoms with E-state index in [1.165, 1.54) is 0 Å². The molecule has 4 nitrogen and oxygen atoms in total. The highest BCUT2D eigenvalue weighted by atomic mass is 16.2. The summed E-state index contributed by atoms with van der Waals surface area (Å²) >= 11 is 0. The summed E-state index contributed by atoms with van der Waals surface area (Å²) in [5.74, 6) is 0. The Bertz CT molecular complexity index is 392. The topological polar surface area (TPSA) is 58.4 Å². The summed E-state index contributed by atoms with van der Waals surface area (Å²) in [6, 6.07) is 7.85. The normalized spacial score (nSPS) is 19.9. The first-order chi connectivity index (χ1) is 7.65. The van der Waals surface area contributed by atoms with Crippen LogP contribution in [0.4, 0.5) is 10.5 Å². The van der Waals surface area contributed by atoms with Crippen molar-refractivity contribution in [3.05, 3.63) is 29.8 Å². The predicted molar refractivity (Wildman–Crippen MR) is 64.4 cm³/mol. The first kappa shape index (κ1) is 11.0. The molecule has 1 aromatic carbocycles. The molecule has 0 saturated carbocycles. The van der Waals surface area contributed by atoms with Crippen molar-refractivity contribution in [3.63, 3.8) is 0 Å². The fourth-order valence-electron chi connectivity index (χ4n) is 1.90. The van der Waals surface area contributed by atoms with Gasteiger partial charge in [0.15, 0.2) is 0 Å². The number of aryl methyl sites for hydroxylation is 1. The number of amides is 2. The zero-order valence-electron chi connectivity index (χ0n) is 9.44. The van der Waals surface area contributed by atoms with Crippen molar-refractivity contribution >= 4 is 11.7 Å². The Kier molecular flexibility index (Phi) is 3.10. The van der Waals surface area contributed by atoms with Crippen LogP contribution in [0.5, 0.6) is 0 Å². The van der Waals surface area contributed by atoms with Crippen LogP contribution in [0.15, 0.2) is 24.3 Å². The summed E-state index contributed by atoms with van der Waals surface area (Å²) in [5, 5.41) is 2.88. The van der Waals surface area contributed by atoms with Gasteiger partial charge in [0.25, 0.3) is 0 Å². The minimum atomic E-state index is -0.0569. The van der Waals surface area contributed by atoms with Crippen molar-refractivity contribution < 1.29 is 4.79 Å². The lowest BCUT2D eigenvalue weighted by Crippen LogP contribution is -2.35. The standard InChI is InChI=1S/C12H17N3O/c1-9-3-2-4-11(7-9)14-12(16)15-6-5-10(13)8-15/h2-4,7,10H,5-6,8,13H2,1H3,(H,14,16)/t10-/m0/s1. The van der Waals surface area contributed by atoms with E-state index in [9.17, 15) is 4.79 Å². The summed E-state index contributed by atoms with van der Waals surface area (Å²) in [6.45, 7) is 3.40. The van der Waals surface area contributed by atoms with Gasteiger partial charge in [0.2, 0.25) is 0 Å². The van der Waals surface area contributed by atoms with Gasteiger partial charge >= 0.3 is 6.03 Å². The van der Waals surface area contributed by atoms with E-state index in [0.717, 1.165) is 24.2 Å². The molecule has 86 valence electrons. The highest BCUT2D eigenvalue weighted by molar-refractivity contribution is 5.89. The molecule has 16 heavy (non-hydrogen) atoms. The number of carbonyl (C=O) groups excluding carboxylic acids is 1. The molecule has 0 radical (unpaired) electrons. The Balaban J connectivity index is 1.97. The molecule has 1 aliphatic rings. The second-order valence-electron chi connectivity index (χ2n) is 4.29. The van der Waals surface area contributed by atoms with E-state index in [-0.39, 0.29) is 12.1 Å². The average Bonchev–Trinajstić information content (AvgIpc) is 2.65. The van der Waals surface area contributed by atoms with E-state index in [0.29, 0.717) is 6.54 Å². The number of nitrogens with zero attached hydrogens (tertiary/aromatic N) is 1. The van der Waals surface area contributed by atoms with Crippen molar-refractivity contribution in [2.75, 3.05) is 18.4 Å². The van der Waals surface area contributed by atoms with Gasteiger partial charge in [-0.3, -0.25) is 0 Å². The lowest BCUT2D eigenvalue weighted by Gasteiger charge is -2.16. The molecule has 3 N–H and O–H groups in total. The van der Waals surface area contributed by atoms with Crippen molar-refractivity contribution in [2.45, 2.75) is 19.4 Å². The van der Waals surface area contributed by atoms with E-state index >= 15 is 0 Å². The average molecular weight is 219 g/mol. The van der Waals surface area contributed by atoms with Gasteiger partial charge in [0.1, 0.15) is 0 Å². The number of rotatable bonds is 1. The maximum Gasteiger partial charge on any atom is 0.321 e. The van der Waals surface area contributed by atoms with Crippen LogP contribution in [-0.2, 0) is 0 Å². The van der Waals surface area contributed by atoms with Gasteiger partial charge in [-0.15, -0.1) is 0 Å². The van der Waals surface area contributed by atoms with Crippen LogP contribution in [-0.4, -0.2) is 30.1 Å². The number of likely N-dealkylation sites (tertiary alicyclic amines) is 1. The first-order valence-corrected chi connectivity index (χ1v) is 5.53.